The highest BCUT2D eigenvalue weighted by Crippen LogP contribution is 1.76. The number of hydrogen-bond acceptors (Lipinski definition) is 2. The summed E-state index contributed by atoms with van der Waals surface area (Å²) in [6.45, 7) is 9.64. The van der Waals surface area contributed by atoms with Crippen LogP contribution in [-0.2, 0) is 0 Å². The summed E-state index contributed by atoms with van der Waals surface area (Å²) in [4.78, 5) is 2.18. The molecule has 0 saturated heterocycles. The Morgan fingerprint density at radius 3 is 1.33 bits per heavy atom. The molecule has 0 aromatic heterocycles. The zero-order chi connectivity index (χ0) is 10.4. The average molecular weight is 177 g/mol. The fraction of sp³-hybridized carbons (Fsp3) is 1.00. The molecule has 0 bridgehead atoms. The van der Waals surface area contributed by atoms with Crippen LogP contribution in [0.1, 0.15) is 40.5 Å². The molecule has 0 radical (unpaired) electrons. The standard InChI is InChI=1S/C5H13N.C3H8O.C2H6/c1-4-5-6(2)3;1-2-3-4;1-2/h4-5H2,1-3H3;4H,2-3H2,1H3;1-2H3. The van der Waals surface area contributed by atoms with Crippen LogP contribution in [0.2, 0.25) is 0 Å². The fourth-order valence-corrected chi connectivity index (χ4v) is 0.447. The molecule has 0 atom stereocenters. The van der Waals surface area contributed by atoms with Gasteiger partial charge in [0.2, 0.25) is 0 Å². The van der Waals surface area contributed by atoms with Gasteiger partial charge in [0.1, 0.15) is 0 Å². The van der Waals surface area contributed by atoms with E-state index in [1.165, 1.54) is 13.0 Å². The third-order valence-corrected chi connectivity index (χ3v) is 0.894. The molecule has 0 amide bonds. The maximum absolute atomic E-state index is 7.88. The zero-order valence-electron chi connectivity index (χ0n) is 9.72. The van der Waals surface area contributed by atoms with Crippen LogP contribution >= 0.6 is 0 Å². The van der Waals surface area contributed by atoms with Crippen LogP contribution in [0.25, 0.3) is 0 Å². The molecule has 0 heterocycles. The van der Waals surface area contributed by atoms with Gasteiger partial charge in [0, 0.05) is 6.61 Å². The van der Waals surface area contributed by atoms with Crippen LogP contribution < -0.4 is 0 Å². The second kappa shape index (κ2) is 22.4. The van der Waals surface area contributed by atoms with E-state index in [1.54, 1.807) is 0 Å². The minimum atomic E-state index is 0.319. The van der Waals surface area contributed by atoms with Gasteiger partial charge in [-0.15, -0.1) is 0 Å². The molecule has 0 aliphatic carbocycles. The maximum Gasteiger partial charge on any atom is 0.0428 e. The van der Waals surface area contributed by atoms with E-state index in [-0.39, 0.29) is 0 Å². The first-order valence-corrected chi connectivity index (χ1v) is 4.94. The largest absolute Gasteiger partial charge is 0.396 e. The normalized spacial score (nSPS) is 8.00. The summed E-state index contributed by atoms with van der Waals surface area (Å²) in [5.41, 5.74) is 0. The molecule has 0 fully saturated rings. The van der Waals surface area contributed by atoms with Crippen molar-refractivity contribution in [2.24, 2.45) is 0 Å². The van der Waals surface area contributed by atoms with Gasteiger partial charge >= 0.3 is 0 Å². The summed E-state index contributed by atoms with van der Waals surface area (Å²) in [7, 11) is 4.17. The minimum absolute atomic E-state index is 0.319. The molecular formula is C10H27NO. The summed E-state index contributed by atoms with van der Waals surface area (Å²) < 4.78 is 0. The molecule has 0 unspecified atom stereocenters. The summed E-state index contributed by atoms with van der Waals surface area (Å²) in [6.07, 6.45) is 2.13. The lowest BCUT2D eigenvalue weighted by molar-refractivity contribution is 0.295. The fourth-order valence-electron chi connectivity index (χ4n) is 0.447. The highest BCUT2D eigenvalue weighted by Gasteiger charge is 1.79. The molecule has 0 aromatic carbocycles. The minimum Gasteiger partial charge on any atom is -0.396 e. The summed E-state index contributed by atoms with van der Waals surface area (Å²) in [6, 6.07) is 0. The number of aliphatic hydroxyl groups is 1. The summed E-state index contributed by atoms with van der Waals surface area (Å²) in [5.74, 6) is 0. The monoisotopic (exact) mass is 177 g/mol. The molecule has 0 spiro atoms. The van der Waals surface area contributed by atoms with Gasteiger partial charge in [-0.1, -0.05) is 27.7 Å². The van der Waals surface area contributed by atoms with Gasteiger partial charge in [-0.25, -0.2) is 0 Å². The third-order valence-electron chi connectivity index (χ3n) is 0.894. The van der Waals surface area contributed by atoms with Gasteiger partial charge in [0.05, 0.1) is 0 Å². The van der Waals surface area contributed by atoms with Crippen molar-refractivity contribution >= 4 is 0 Å². The van der Waals surface area contributed by atoms with Crippen molar-refractivity contribution in [2.75, 3.05) is 27.2 Å². The molecule has 0 aliphatic heterocycles. The molecule has 78 valence electrons. The van der Waals surface area contributed by atoms with E-state index in [0.717, 1.165) is 6.42 Å². The van der Waals surface area contributed by atoms with Gasteiger partial charge in [-0.2, -0.15) is 0 Å². The molecule has 1 N–H and O–H groups in total. The van der Waals surface area contributed by atoms with E-state index >= 15 is 0 Å². The smallest absolute Gasteiger partial charge is 0.0428 e. The Labute approximate surface area is 78.6 Å². The quantitative estimate of drug-likeness (QED) is 0.715. The average Bonchev–Trinajstić information content (AvgIpc) is 2.08. The molecule has 2 heteroatoms. The number of rotatable bonds is 3. The topological polar surface area (TPSA) is 23.5 Å². The Hall–Kier alpha value is -0.0800. The van der Waals surface area contributed by atoms with Crippen LogP contribution in [0.15, 0.2) is 0 Å². The zero-order valence-corrected chi connectivity index (χ0v) is 9.72. The molecule has 0 saturated carbocycles. The Morgan fingerprint density at radius 2 is 1.33 bits per heavy atom. The van der Waals surface area contributed by atoms with Crippen LogP contribution in [0.5, 0.6) is 0 Å². The van der Waals surface area contributed by atoms with E-state index in [1.807, 2.05) is 20.8 Å². The molecule has 0 aliphatic rings. The molecular weight excluding hydrogens is 150 g/mol. The van der Waals surface area contributed by atoms with Gasteiger partial charge in [-0.05, 0) is 33.5 Å². The highest BCUT2D eigenvalue weighted by molar-refractivity contribution is 4.34. The molecule has 0 aromatic rings. The SMILES string of the molecule is CC.CCCN(C)C.CCCO. The van der Waals surface area contributed by atoms with Crippen LogP contribution in [0.3, 0.4) is 0 Å². The van der Waals surface area contributed by atoms with Crippen molar-refractivity contribution in [3.05, 3.63) is 0 Å². The van der Waals surface area contributed by atoms with Gasteiger partial charge in [0.25, 0.3) is 0 Å². The van der Waals surface area contributed by atoms with Crippen LogP contribution in [0.4, 0.5) is 0 Å². The Bertz CT molecular complexity index is 45.1. The van der Waals surface area contributed by atoms with Crippen LogP contribution in [0, 0.1) is 0 Å². The molecule has 0 rings (SSSR count). The Morgan fingerprint density at radius 1 is 1.00 bits per heavy atom. The highest BCUT2D eigenvalue weighted by atomic mass is 16.2. The second-order valence-electron chi connectivity index (χ2n) is 2.53. The van der Waals surface area contributed by atoms with E-state index in [0.29, 0.717) is 6.61 Å². The van der Waals surface area contributed by atoms with Gasteiger partial charge in [0.15, 0.2) is 0 Å². The number of aliphatic hydroxyl groups excluding tert-OH is 1. The molecule has 2 nitrogen and oxygen atoms in total. The first kappa shape index (κ1) is 17.9. The Kier molecular flexibility index (Phi) is 33.4. The lowest BCUT2D eigenvalue weighted by Gasteiger charge is -2.03. The first-order valence-electron chi connectivity index (χ1n) is 4.94. The van der Waals surface area contributed by atoms with Crippen molar-refractivity contribution in [2.45, 2.75) is 40.5 Å². The first-order chi connectivity index (χ1) is 5.68. The Balaban J connectivity index is -0.000000118. The van der Waals surface area contributed by atoms with E-state index in [2.05, 4.69) is 25.9 Å². The van der Waals surface area contributed by atoms with E-state index in [4.69, 9.17) is 5.11 Å². The van der Waals surface area contributed by atoms with Crippen molar-refractivity contribution in [3.63, 3.8) is 0 Å². The van der Waals surface area contributed by atoms with Gasteiger partial charge < -0.3 is 10.0 Å². The van der Waals surface area contributed by atoms with Crippen LogP contribution in [-0.4, -0.2) is 37.3 Å². The lowest BCUT2D eigenvalue weighted by Crippen LogP contribution is -2.11. The second-order valence-corrected chi connectivity index (χ2v) is 2.53. The van der Waals surface area contributed by atoms with Crippen molar-refractivity contribution in [1.82, 2.24) is 4.90 Å². The van der Waals surface area contributed by atoms with Crippen molar-refractivity contribution < 1.29 is 5.11 Å². The third kappa shape index (κ3) is 51.4. The van der Waals surface area contributed by atoms with E-state index in [9.17, 15) is 0 Å². The van der Waals surface area contributed by atoms with Crippen molar-refractivity contribution in [1.29, 1.82) is 0 Å². The van der Waals surface area contributed by atoms with E-state index < -0.39 is 0 Å². The summed E-state index contributed by atoms with van der Waals surface area (Å²) in [5, 5.41) is 7.88. The maximum atomic E-state index is 7.88. The van der Waals surface area contributed by atoms with Crippen molar-refractivity contribution in [3.8, 4) is 0 Å². The number of nitrogens with zero attached hydrogens (tertiary/aromatic N) is 1. The summed E-state index contributed by atoms with van der Waals surface area (Å²) >= 11 is 0. The number of hydrogen-bond donors (Lipinski definition) is 1. The van der Waals surface area contributed by atoms with Gasteiger partial charge in [-0.3, -0.25) is 0 Å². The predicted octanol–water partition coefficient (Wildman–Crippen LogP) is 2.37. The lowest BCUT2D eigenvalue weighted by atomic mass is 10.5. The molecule has 12 heavy (non-hydrogen) atoms. The predicted molar refractivity (Wildman–Crippen MR) is 57.6 cm³/mol.